The molecule has 2 heterocycles. The molecule has 0 saturated heterocycles. The van der Waals surface area contributed by atoms with E-state index in [1.165, 1.54) is 24.5 Å². The van der Waals surface area contributed by atoms with Gasteiger partial charge in [0, 0.05) is 18.2 Å². The summed E-state index contributed by atoms with van der Waals surface area (Å²) in [6.45, 7) is 6.71. The van der Waals surface area contributed by atoms with Crippen molar-refractivity contribution >= 4 is 46.6 Å². The number of esters is 1. The summed E-state index contributed by atoms with van der Waals surface area (Å²) < 4.78 is 6.42. The maximum absolute atomic E-state index is 12.1. The number of hydrogen-bond acceptors (Lipinski definition) is 5. The van der Waals surface area contributed by atoms with E-state index in [0.717, 1.165) is 5.69 Å². The molecule has 6 nitrogen and oxygen atoms in total. The van der Waals surface area contributed by atoms with Gasteiger partial charge in [0.1, 0.15) is 10.0 Å². The van der Waals surface area contributed by atoms with Crippen molar-refractivity contribution < 1.29 is 14.3 Å². The highest BCUT2D eigenvalue weighted by Crippen LogP contribution is 2.24. The van der Waals surface area contributed by atoms with E-state index in [2.05, 4.69) is 29.0 Å². The lowest BCUT2D eigenvalue weighted by atomic mass is 10.2. The van der Waals surface area contributed by atoms with E-state index >= 15 is 0 Å². The van der Waals surface area contributed by atoms with Gasteiger partial charge >= 0.3 is 5.97 Å². The van der Waals surface area contributed by atoms with Crippen LogP contribution >= 0.6 is 22.9 Å². The zero-order chi connectivity index (χ0) is 18.6. The van der Waals surface area contributed by atoms with Crippen molar-refractivity contribution in [2.24, 2.45) is 5.92 Å². The third kappa shape index (κ3) is 4.70. The fourth-order valence-corrected chi connectivity index (χ4v) is 3.29. The van der Waals surface area contributed by atoms with Crippen LogP contribution in [0.15, 0.2) is 17.5 Å². The first-order chi connectivity index (χ1) is 11.8. The summed E-state index contributed by atoms with van der Waals surface area (Å²) in [5.74, 6) is -0.439. The van der Waals surface area contributed by atoms with Crippen LogP contribution in [0.5, 0.6) is 0 Å². The summed E-state index contributed by atoms with van der Waals surface area (Å²) >= 11 is 7.55. The van der Waals surface area contributed by atoms with Gasteiger partial charge in [0.2, 0.25) is 5.91 Å². The SMILES string of the molecule is COC(=O)c1sccc1NC(=O)/C=C/c1c(C)nn(CC(C)C)c1Cl. The summed E-state index contributed by atoms with van der Waals surface area (Å²) in [4.78, 5) is 24.1. The maximum Gasteiger partial charge on any atom is 0.350 e. The molecule has 0 saturated carbocycles. The average molecular weight is 382 g/mol. The summed E-state index contributed by atoms with van der Waals surface area (Å²) in [6, 6.07) is 1.65. The van der Waals surface area contributed by atoms with Crippen molar-refractivity contribution in [3.8, 4) is 0 Å². The molecule has 0 atom stereocenters. The number of nitrogens with zero attached hydrogens (tertiary/aromatic N) is 2. The van der Waals surface area contributed by atoms with Gasteiger partial charge < -0.3 is 10.1 Å². The molecule has 0 aliphatic rings. The number of rotatable bonds is 6. The number of aryl methyl sites for hydroxylation is 1. The molecular weight excluding hydrogens is 362 g/mol. The summed E-state index contributed by atoms with van der Waals surface area (Å²) in [5, 5.41) is 9.27. The van der Waals surface area contributed by atoms with E-state index in [9.17, 15) is 9.59 Å². The molecule has 2 rings (SSSR count). The fourth-order valence-electron chi connectivity index (χ4n) is 2.22. The predicted molar refractivity (Wildman–Crippen MR) is 100 cm³/mol. The van der Waals surface area contributed by atoms with E-state index in [0.29, 0.717) is 33.7 Å². The number of carbonyl (C=O) groups is 2. The molecule has 0 radical (unpaired) electrons. The van der Waals surface area contributed by atoms with Crippen LogP contribution in [0.4, 0.5) is 5.69 Å². The quantitative estimate of drug-likeness (QED) is 0.606. The van der Waals surface area contributed by atoms with Gasteiger partial charge in [-0.15, -0.1) is 11.3 Å². The molecule has 25 heavy (non-hydrogen) atoms. The first-order valence-electron chi connectivity index (χ1n) is 7.71. The van der Waals surface area contributed by atoms with Gasteiger partial charge in [-0.3, -0.25) is 9.48 Å². The number of methoxy groups -OCH3 is 1. The minimum Gasteiger partial charge on any atom is -0.465 e. The standard InChI is InChI=1S/C17H20ClN3O3S/c1-10(2)9-21-16(18)12(11(3)20-21)5-6-14(22)19-13-7-8-25-15(13)17(23)24-4/h5-8,10H,9H2,1-4H3,(H,19,22)/b6-5+. The molecule has 134 valence electrons. The molecule has 0 fully saturated rings. The van der Waals surface area contributed by atoms with E-state index < -0.39 is 5.97 Å². The second-order valence-electron chi connectivity index (χ2n) is 5.84. The maximum atomic E-state index is 12.1. The van der Waals surface area contributed by atoms with Gasteiger partial charge in [-0.2, -0.15) is 5.10 Å². The molecule has 0 unspecified atom stereocenters. The Kier molecular flexibility index (Phi) is 6.39. The Bertz CT molecular complexity index is 808. The van der Waals surface area contributed by atoms with Crippen LogP contribution in [0.1, 0.15) is 34.8 Å². The van der Waals surface area contributed by atoms with Gasteiger partial charge in [0.25, 0.3) is 0 Å². The van der Waals surface area contributed by atoms with E-state index in [-0.39, 0.29) is 5.91 Å². The highest BCUT2D eigenvalue weighted by Gasteiger charge is 2.15. The van der Waals surface area contributed by atoms with Crippen molar-refractivity contribution in [3.05, 3.63) is 38.8 Å². The molecule has 1 amide bonds. The third-order valence-corrected chi connectivity index (χ3v) is 4.64. The number of ether oxygens (including phenoxy) is 1. The molecule has 2 aromatic rings. The Morgan fingerprint density at radius 1 is 1.48 bits per heavy atom. The predicted octanol–water partition coefficient (Wildman–Crippen LogP) is 4.00. The van der Waals surface area contributed by atoms with E-state index in [4.69, 9.17) is 11.6 Å². The van der Waals surface area contributed by atoms with Crippen LogP contribution < -0.4 is 5.32 Å². The fraction of sp³-hybridized carbons (Fsp3) is 0.353. The van der Waals surface area contributed by atoms with Crippen molar-refractivity contribution in [1.29, 1.82) is 0 Å². The number of hydrogen-bond donors (Lipinski definition) is 1. The first kappa shape index (κ1) is 19.2. The monoisotopic (exact) mass is 381 g/mol. The van der Waals surface area contributed by atoms with Crippen LogP contribution in [0, 0.1) is 12.8 Å². The van der Waals surface area contributed by atoms with E-state index in [1.54, 1.807) is 22.2 Å². The number of aromatic nitrogens is 2. The lowest BCUT2D eigenvalue weighted by molar-refractivity contribution is -0.111. The minimum absolute atomic E-state index is 0.350. The average Bonchev–Trinajstić information content (AvgIpc) is 3.10. The van der Waals surface area contributed by atoms with Gasteiger partial charge in [0.05, 0.1) is 18.5 Å². The minimum atomic E-state index is -0.483. The number of halogens is 1. The molecule has 8 heteroatoms. The molecule has 0 aromatic carbocycles. The Hall–Kier alpha value is -2.12. The van der Waals surface area contributed by atoms with Crippen LogP contribution in [0.2, 0.25) is 5.15 Å². The topological polar surface area (TPSA) is 73.2 Å². The zero-order valence-electron chi connectivity index (χ0n) is 14.5. The molecule has 0 aliphatic heterocycles. The van der Waals surface area contributed by atoms with Crippen LogP contribution in [0.3, 0.4) is 0 Å². The third-order valence-electron chi connectivity index (χ3n) is 3.34. The van der Waals surface area contributed by atoms with Crippen LogP contribution in [-0.4, -0.2) is 28.8 Å². The van der Waals surface area contributed by atoms with Crippen molar-refractivity contribution in [2.45, 2.75) is 27.3 Å². The van der Waals surface area contributed by atoms with E-state index in [1.807, 2.05) is 6.92 Å². The van der Waals surface area contributed by atoms with Crippen molar-refractivity contribution in [2.75, 3.05) is 12.4 Å². The van der Waals surface area contributed by atoms with Crippen molar-refractivity contribution in [3.63, 3.8) is 0 Å². The Balaban J connectivity index is 2.12. The van der Waals surface area contributed by atoms with Gasteiger partial charge in [0.15, 0.2) is 0 Å². The largest absolute Gasteiger partial charge is 0.465 e. The molecule has 1 N–H and O–H groups in total. The van der Waals surface area contributed by atoms with Crippen molar-refractivity contribution in [1.82, 2.24) is 9.78 Å². The molecule has 2 aromatic heterocycles. The number of nitrogens with one attached hydrogen (secondary N) is 1. The number of anilines is 1. The molecule has 0 spiro atoms. The highest BCUT2D eigenvalue weighted by atomic mass is 35.5. The second kappa shape index (κ2) is 8.31. The van der Waals surface area contributed by atoms with Gasteiger partial charge in [-0.1, -0.05) is 25.4 Å². The summed E-state index contributed by atoms with van der Waals surface area (Å²) in [6.07, 6.45) is 3.00. The molecular formula is C17H20ClN3O3S. The number of thiophene rings is 1. The molecule has 0 aliphatic carbocycles. The lowest BCUT2D eigenvalue weighted by Gasteiger charge is -2.05. The lowest BCUT2D eigenvalue weighted by Crippen LogP contribution is -2.10. The molecule has 0 bridgehead atoms. The normalized spacial score (nSPS) is 11.3. The second-order valence-corrected chi connectivity index (χ2v) is 7.12. The first-order valence-corrected chi connectivity index (χ1v) is 8.97. The Labute approximate surface area is 155 Å². The van der Waals surface area contributed by atoms with Gasteiger partial charge in [-0.05, 0) is 30.4 Å². The highest BCUT2D eigenvalue weighted by molar-refractivity contribution is 7.12. The summed E-state index contributed by atoms with van der Waals surface area (Å²) in [7, 11) is 1.30. The Morgan fingerprint density at radius 3 is 2.84 bits per heavy atom. The van der Waals surface area contributed by atoms with Crippen LogP contribution in [0.25, 0.3) is 6.08 Å². The number of amides is 1. The van der Waals surface area contributed by atoms with Gasteiger partial charge in [-0.25, -0.2) is 4.79 Å². The summed E-state index contributed by atoms with van der Waals surface area (Å²) in [5.41, 5.74) is 1.88. The Morgan fingerprint density at radius 2 is 2.20 bits per heavy atom. The van der Waals surface area contributed by atoms with Crippen LogP contribution in [-0.2, 0) is 16.1 Å². The number of carbonyl (C=O) groups excluding carboxylic acids is 2. The zero-order valence-corrected chi connectivity index (χ0v) is 16.1. The smallest absolute Gasteiger partial charge is 0.350 e.